The lowest BCUT2D eigenvalue weighted by molar-refractivity contribution is 0.803. The molecule has 0 saturated carbocycles. The Balaban J connectivity index is 2.75. The van der Waals surface area contributed by atoms with E-state index in [1.54, 1.807) is 0 Å². The van der Waals surface area contributed by atoms with Gasteiger partial charge in [0.05, 0.1) is 0 Å². The van der Waals surface area contributed by atoms with Crippen LogP contribution in [0.15, 0.2) is 18.2 Å². The van der Waals surface area contributed by atoms with E-state index in [4.69, 9.17) is 34.8 Å². The maximum Gasteiger partial charge on any atom is 0.0452 e. The molecule has 0 heterocycles. The van der Waals surface area contributed by atoms with E-state index in [9.17, 15) is 0 Å². The Morgan fingerprint density at radius 3 is 2.23 bits per heavy atom. The fourth-order valence-electron chi connectivity index (χ4n) is 1.11. The van der Waals surface area contributed by atoms with Gasteiger partial charge >= 0.3 is 0 Å². The van der Waals surface area contributed by atoms with Crippen molar-refractivity contribution in [3.05, 3.63) is 33.8 Å². The minimum absolute atomic E-state index is 0.160. The van der Waals surface area contributed by atoms with E-state index < -0.39 is 0 Å². The molecule has 0 amide bonds. The predicted octanol–water partition coefficient (Wildman–Crippen LogP) is 4.55. The molecule has 1 aromatic rings. The third-order valence-electron chi connectivity index (χ3n) is 1.85. The maximum absolute atomic E-state index is 5.99. The summed E-state index contributed by atoms with van der Waals surface area (Å²) < 4.78 is 0. The van der Waals surface area contributed by atoms with Crippen LogP contribution in [0.4, 0.5) is 0 Å². The summed E-state index contributed by atoms with van der Waals surface area (Å²) in [5.74, 6) is 0. The van der Waals surface area contributed by atoms with Crippen LogP contribution in [0.25, 0.3) is 0 Å². The highest BCUT2D eigenvalue weighted by atomic mass is 35.5. The van der Waals surface area contributed by atoms with E-state index in [0.29, 0.717) is 0 Å². The molecule has 0 aliphatic carbocycles. The van der Waals surface area contributed by atoms with Crippen molar-refractivity contribution < 1.29 is 0 Å². The summed E-state index contributed by atoms with van der Waals surface area (Å²) in [7, 11) is 0. The van der Waals surface area contributed by atoms with Gasteiger partial charge in [-0.1, -0.05) is 29.3 Å². The highest BCUT2D eigenvalue weighted by Crippen LogP contribution is 2.26. The molecule has 0 radical (unpaired) electrons. The molecule has 3 heteroatoms. The summed E-state index contributed by atoms with van der Waals surface area (Å²) in [6, 6.07) is 5.54. The number of rotatable bonds is 3. The van der Waals surface area contributed by atoms with Gasteiger partial charge in [-0.15, -0.1) is 11.6 Å². The third-order valence-corrected chi connectivity index (χ3v) is 2.78. The fourth-order valence-corrected chi connectivity index (χ4v) is 1.81. The van der Waals surface area contributed by atoms with Gasteiger partial charge in [-0.3, -0.25) is 0 Å². The SMILES string of the molecule is CC(Cl)CCc1c(Cl)cccc1Cl. The molecule has 0 bridgehead atoms. The van der Waals surface area contributed by atoms with Crippen molar-refractivity contribution in [3.8, 4) is 0 Å². The predicted molar refractivity (Wildman–Crippen MR) is 60.1 cm³/mol. The van der Waals surface area contributed by atoms with Crippen molar-refractivity contribution in [2.75, 3.05) is 0 Å². The van der Waals surface area contributed by atoms with Crippen LogP contribution in [0, 0.1) is 0 Å². The Morgan fingerprint density at radius 2 is 1.77 bits per heavy atom. The van der Waals surface area contributed by atoms with Crippen LogP contribution in [0.1, 0.15) is 18.9 Å². The van der Waals surface area contributed by atoms with Gasteiger partial charge in [0, 0.05) is 15.4 Å². The van der Waals surface area contributed by atoms with Gasteiger partial charge in [-0.25, -0.2) is 0 Å². The van der Waals surface area contributed by atoms with Crippen molar-refractivity contribution in [1.82, 2.24) is 0 Å². The zero-order valence-corrected chi connectivity index (χ0v) is 9.63. The second-order valence-electron chi connectivity index (χ2n) is 3.02. The smallest absolute Gasteiger partial charge is 0.0452 e. The summed E-state index contributed by atoms with van der Waals surface area (Å²) in [5, 5.41) is 1.61. The molecule has 0 fully saturated rings. The Morgan fingerprint density at radius 1 is 1.23 bits per heavy atom. The van der Waals surface area contributed by atoms with Crippen molar-refractivity contribution in [2.45, 2.75) is 25.1 Å². The first-order chi connectivity index (χ1) is 6.11. The number of hydrogen-bond acceptors (Lipinski definition) is 0. The molecule has 0 nitrogen and oxygen atoms in total. The Labute approximate surface area is 93.8 Å². The molecule has 72 valence electrons. The van der Waals surface area contributed by atoms with Crippen LogP contribution in [0.2, 0.25) is 10.0 Å². The molecular formula is C10H11Cl3. The highest BCUT2D eigenvalue weighted by Gasteiger charge is 2.06. The average Bonchev–Trinajstić information content (AvgIpc) is 2.03. The first kappa shape index (κ1) is 11.2. The third kappa shape index (κ3) is 3.38. The van der Waals surface area contributed by atoms with Gasteiger partial charge in [-0.2, -0.15) is 0 Å². The second-order valence-corrected chi connectivity index (χ2v) is 4.58. The first-order valence-electron chi connectivity index (χ1n) is 4.18. The summed E-state index contributed by atoms with van der Waals surface area (Å²) in [6.45, 7) is 1.96. The van der Waals surface area contributed by atoms with Crippen LogP contribution in [-0.2, 0) is 6.42 Å². The van der Waals surface area contributed by atoms with Crippen LogP contribution in [0.5, 0.6) is 0 Å². The van der Waals surface area contributed by atoms with Gasteiger partial charge < -0.3 is 0 Å². The molecule has 0 saturated heterocycles. The normalized spacial score (nSPS) is 12.9. The van der Waals surface area contributed by atoms with E-state index >= 15 is 0 Å². The zero-order valence-electron chi connectivity index (χ0n) is 7.36. The fraction of sp³-hybridized carbons (Fsp3) is 0.400. The van der Waals surface area contributed by atoms with E-state index in [-0.39, 0.29) is 5.38 Å². The molecule has 1 rings (SSSR count). The van der Waals surface area contributed by atoms with Gasteiger partial charge in [0.15, 0.2) is 0 Å². The van der Waals surface area contributed by atoms with Crippen LogP contribution >= 0.6 is 34.8 Å². The maximum atomic E-state index is 5.99. The van der Waals surface area contributed by atoms with E-state index in [1.165, 1.54) is 0 Å². The summed E-state index contributed by atoms with van der Waals surface area (Å²) >= 11 is 17.8. The number of benzene rings is 1. The molecule has 13 heavy (non-hydrogen) atoms. The molecular weight excluding hydrogens is 226 g/mol. The van der Waals surface area contributed by atoms with Crippen LogP contribution in [0.3, 0.4) is 0 Å². The Bertz CT molecular complexity index is 261. The molecule has 0 N–H and O–H groups in total. The second kappa shape index (κ2) is 5.09. The topological polar surface area (TPSA) is 0 Å². The standard InChI is InChI=1S/C10H11Cl3/c1-7(11)5-6-8-9(12)3-2-4-10(8)13/h2-4,7H,5-6H2,1H3. The summed E-state index contributed by atoms with van der Waals surface area (Å²) in [6.07, 6.45) is 1.73. The lowest BCUT2D eigenvalue weighted by Crippen LogP contribution is -1.96. The van der Waals surface area contributed by atoms with E-state index in [1.807, 2.05) is 25.1 Å². The molecule has 0 spiro atoms. The summed E-state index contributed by atoms with van der Waals surface area (Å²) in [4.78, 5) is 0. The number of alkyl halides is 1. The number of hydrogen-bond donors (Lipinski definition) is 0. The van der Waals surface area contributed by atoms with E-state index in [2.05, 4.69) is 0 Å². The van der Waals surface area contributed by atoms with Crippen LogP contribution in [-0.4, -0.2) is 5.38 Å². The van der Waals surface area contributed by atoms with Crippen LogP contribution < -0.4 is 0 Å². The van der Waals surface area contributed by atoms with Gasteiger partial charge in [0.25, 0.3) is 0 Å². The van der Waals surface area contributed by atoms with Crippen molar-refractivity contribution in [3.63, 3.8) is 0 Å². The van der Waals surface area contributed by atoms with Gasteiger partial charge in [-0.05, 0) is 37.5 Å². The largest absolute Gasteiger partial charge is 0.123 e. The Hall–Kier alpha value is 0.0900. The molecule has 1 aromatic carbocycles. The zero-order chi connectivity index (χ0) is 9.84. The van der Waals surface area contributed by atoms with Crippen molar-refractivity contribution >= 4 is 34.8 Å². The van der Waals surface area contributed by atoms with E-state index in [0.717, 1.165) is 28.5 Å². The minimum atomic E-state index is 0.160. The molecule has 0 aliphatic heterocycles. The molecule has 1 unspecified atom stereocenters. The highest BCUT2D eigenvalue weighted by molar-refractivity contribution is 6.36. The summed E-state index contributed by atoms with van der Waals surface area (Å²) in [5.41, 5.74) is 0.998. The average molecular weight is 238 g/mol. The lowest BCUT2D eigenvalue weighted by atomic mass is 10.1. The molecule has 0 aliphatic rings. The first-order valence-corrected chi connectivity index (χ1v) is 5.37. The quantitative estimate of drug-likeness (QED) is 0.677. The minimum Gasteiger partial charge on any atom is -0.123 e. The Kier molecular flexibility index (Phi) is 4.37. The lowest BCUT2D eigenvalue weighted by Gasteiger charge is -2.07. The molecule has 0 aromatic heterocycles. The van der Waals surface area contributed by atoms with Crippen molar-refractivity contribution in [1.29, 1.82) is 0 Å². The van der Waals surface area contributed by atoms with Gasteiger partial charge in [0.1, 0.15) is 0 Å². The molecule has 1 atom stereocenters. The van der Waals surface area contributed by atoms with Crippen molar-refractivity contribution in [2.24, 2.45) is 0 Å². The number of halogens is 3. The van der Waals surface area contributed by atoms with Gasteiger partial charge in [0.2, 0.25) is 0 Å². The monoisotopic (exact) mass is 236 g/mol.